The van der Waals surface area contributed by atoms with Crippen molar-refractivity contribution in [3.8, 4) is 17.0 Å². The molecule has 232 valence electrons. The van der Waals surface area contributed by atoms with Crippen LogP contribution in [0.5, 0.6) is 5.75 Å². The van der Waals surface area contributed by atoms with Crippen LogP contribution in [0.1, 0.15) is 66.0 Å². The van der Waals surface area contributed by atoms with E-state index in [9.17, 15) is 18.4 Å². The average Bonchev–Trinajstić information content (AvgIpc) is 3.41. The van der Waals surface area contributed by atoms with Gasteiger partial charge in [0.2, 0.25) is 0 Å². The Bertz CT molecular complexity index is 1470. The minimum Gasteiger partial charge on any atom is -0.444 e. The van der Waals surface area contributed by atoms with Crippen LogP contribution < -0.4 is 15.2 Å². The summed E-state index contributed by atoms with van der Waals surface area (Å²) in [5.41, 5.74) is 0.874. The lowest BCUT2D eigenvalue weighted by Crippen LogP contribution is -2.53. The van der Waals surface area contributed by atoms with Crippen LogP contribution in [0.3, 0.4) is 0 Å². The number of halogens is 2. The fourth-order valence-electron chi connectivity index (χ4n) is 5.52. The van der Waals surface area contributed by atoms with Crippen molar-refractivity contribution in [1.82, 2.24) is 29.4 Å². The molecule has 0 N–H and O–H groups in total. The van der Waals surface area contributed by atoms with Crippen molar-refractivity contribution in [3.63, 3.8) is 0 Å². The van der Waals surface area contributed by atoms with Crippen LogP contribution in [0.4, 0.5) is 19.3 Å². The first kappa shape index (κ1) is 30.4. The summed E-state index contributed by atoms with van der Waals surface area (Å²) < 4.78 is 38.5. The van der Waals surface area contributed by atoms with Gasteiger partial charge >= 0.3 is 12.7 Å². The van der Waals surface area contributed by atoms with Gasteiger partial charge < -0.3 is 19.3 Å². The van der Waals surface area contributed by atoms with Crippen molar-refractivity contribution in [3.05, 3.63) is 53.3 Å². The zero-order valence-corrected chi connectivity index (χ0v) is 25.0. The Morgan fingerprint density at radius 2 is 1.95 bits per heavy atom. The summed E-state index contributed by atoms with van der Waals surface area (Å²) >= 11 is 0. The van der Waals surface area contributed by atoms with Gasteiger partial charge in [-0.25, -0.2) is 9.48 Å². The molecular formula is C30H39F2N7O4. The van der Waals surface area contributed by atoms with Gasteiger partial charge in [-0.2, -0.15) is 8.78 Å². The zero-order valence-electron chi connectivity index (χ0n) is 25.0. The molecule has 11 nitrogen and oxygen atoms in total. The van der Waals surface area contributed by atoms with E-state index in [0.717, 1.165) is 37.9 Å². The van der Waals surface area contributed by atoms with Gasteiger partial charge in [0.05, 0.1) is 18.4 Å². The van der Waals surface area contributed by atoms with Crippen LogP contribution in [0.15, 0.2) is 47.8 Å². The highest BCUT2D eigenvalue weighted by molar-refractivity contribution is 5.69. The van der Waals surface area contributed by atoms with Crippen molar-refractivity contribution >= 4 is 11.8 Å². The number of piperidine rings is 1. The van der Waals surface area contributed by atoms with E-state index in [1.807, 2.05) is 38.7 Å². The number of carbonyl (C=O) groups is 1. The van der Waals surface area contributed by atoms with Gasteiger partial charge in [-0.05, 0) is 71.4 Å². The van der Waals surface area contributed by atoms with E-state index >= 15 is 0 Å². The first-order chi connectivity index (χ1) is 20.5. The van der Waals surface area contributed by atoms with Crippen molar-refractivity contribution in [1.29, 1.82) is 0 Å². The Morgan fingerprint density at radius 1 is 1.16 bits per heavy atom. The molecule has 3 aromatic heterocycles. The fraction of sp³-hybridized carbons (Fsp3) is 0.567. The summed E-state index contributed by atoms with van der Waals surface area (Å²) in [6.45, 7) is 6.61. The van der Waals surface area contributed by atoms with E-state index in [1.165, 1.54) is 29.6 Å². The minimum atomic E-state index is -2.96. The first-order valence-electron chi connectivity index (χ1n) is 14.8. The van der Waals surface area contributed by atoms with Crippen LogP contribution in [0, 0.1) is 5.92 Å². The summed E-state index contributed by atoms with van der Waals surface area (Å²) in [7, 11) is 0. The number of pyridine rings is 2. The lowest BCUT2D eigenvalue weighted by molar-refractivity contribution is -0.0500. The molecule has 1 saturated carbocycles. The van der Waals surface area contributed by atoms with Crippen LogP contribution in [-0.2, 0) is 4.74 Å². The van der Waals surface area contributed by atoms with E-state index < -0.39 is 18.4 Å². The molecule has 0 radical (unpaired) electrons. The lowest BCUT2D eigenvalue weighted by atomic mass is 9.84. The monoisotopic (exact) mass is 599 g/mol. The SMILES string of the molecule is CC(n1cc(-c2cncc(OC(F)F)c2)nn1)n1ccc(N2CCC[C@@H](N(CC3CCC3)C(=O)OC(C)(C)C)C2)cc1=O. The number of nitrogens with zero attached hydrogens (tertiary/aromatic N) is 7. The molecule has 0 aromatic carbocycles. The van der Waals surface area contributed by atoms with E-state index in [1.54, 1.807) is 23.0 Å². The quantitative estimate of drug-likeness (QED) is 0.331. The van der Waals surface area contributed by atoms with Gasteiger partial charge in [0.1, 0.15) is 23.2 Å². The van der Waals surface area contributed by atoms with Crippen molar-refractivity contribution < 1.29 is 23.0 Å². The van der Waals surface area contributed by atoms with Gasteiger partial charge in [0.15, 0.2) is 0 Å². The Balaban J connectivity index is 1.29. The van der Waals surface area contributed by atoms with Gasteiger partial charge in [0.25, 0.3) is 5.56 Å². The lowest BCUT2D eigenvalue weighted by Gasteiger charge is -2.43. The van der Waals surface area contributed by atoms with E-state index in [-0.39, 0.29) is 23.4 Å². The van der Waals surface area contributed by atoms with E-state index in [0.29, 0.717) is 30.3 Å². The smallest absolute Gasteiger partial charge is 0.410 e. The van der Waals surface area contributed by atoms with Gasteiger partial charge in [0, 0.05) is 49.3 Å². The van der Waals surface area contributed by atoms with E-state index in [4.69, 9.17) is 4.74 Å². The molecule has 0 spiro atoms. The fourth-order valence-corrected chi connectivity index (χ4v) is 5.52. The number of rotatable bonds is 9. The maximum atomic E-state index is 13.3. The average molecular weight is 600 g/mol. The molecule has 13 heteroatoms. The standard InChI is InChI=1S/C30H39F2N7O4/c1-20(39-19-26(34-35-39)22-13-25(16-33-15-22)42-28(31)32)37-12-10-23(14-27(37)40)36-11-6-9-24(18-36)38(17-21-7-5-8-21)29(41)43-30(2,3)4/h10,12-16,19-21,24,28H,5-9,11,17-18H2,1-4H3/t20?,24-/m1/s1. The molecule has 2 atom stereocenters. The maximum absolute atomic E-state index is 13.3. The second-order valence-corrected chi connectivity index (χ2v) is 12.3. The largest absolute Gasteiger partial charge is 0.444 e. The summed E-state index contributed by atoms with van der Waals surface area (Å²) in [4.78, 5) is 34.5. The number of aromatic nitrogens is 5. The van der Waals surface area contributed by atoms with Crippen LogP contribution in [-0.4, -0.2) is 73.4 Å². The van der Waals surface area contributed by atoms with Crippen molar-refractivity contribution in [2.45, 2.75) is 84.2 Å². The second kappa shape index (κ2) is 12.7. The van der Waals surface area contributed by atoms with Crippen LogP contribution >= 0.6 is 0 Å². The number of hydrogen-bond donors (Lipinski definition) is 0. The Labute approximate surface area is 249 Å². The maximum Gasteiger partial charge on any atom is 0.410 e. The molecule has 1 aliphatic carbocycles. The minimum absolute atomic E-state index is 0.00166. The highest BCUT2D eigenvalue weighted by Gasteiger charge is 2.34. The van der Waals surface area contributed by atoms with Gasteiger partial charge in [-0.15, -0.1) is 5.10 Å². The molecule has 5 rings (SSSR count). The van der Waals surface area contributed by atoms with E-state index in [2.05, 4.69) is 24.9 Å². The molecular weight excluding hydrogens is 560 g/mol. The molecule has 1 saturated heterocycles. The summed E-state index contributed by atoms with van der Waals surface area (Å²) in [5, 5.41) is 8.28. The molecule has 1 unspecified atom stereocenters. The third-order valence-electron chi connectivity index (χ3n) is 7.97. The molecule has 0 bridgehead atoms. The number of hydrogen-bond acceptors (Lipinski definition) is 8. The van der Waals surface area contributed by atoms with Gasteiger partial charge in [-0.1, -0.05) is 11.6 Å². The number of ether oxygens (including phenoxy) is 2. The third-order valence-corrected chi connectivity index (χ3v) is 7.97. The van der Waals surface area contributed by atoms with Crippen LogP contribution in [0.25, 0.3) is 11.3 Å². The second-order valence-electron chi connectivity index (χ2n) is 12.3. The van der Waals surface area contributed by atoms with Crippen molar-refractivity contribution in [2.75, 3.05) is 24.5 Å². The zero-order chi connectivity index (χ0) is 30.7. The van der Waals surface area contributed by atoms with Gasteiger partial charge in [-0.3, -0.25) is 14.3 Å². The van der Waals surface area contributed by atoms with Crippen LogP contribution in [0.2, 0.25) is 0 Å². The highest BCUT2D eigenvalue weighted by atomic mass is 19.3. The molecule has 1 aliphatic heterocycles. The summed E-state index contributed by atoms with van der Waals surface area (Å²) in [5.74, 6) is 0.427. The molecule has 2 fully saturated rings. The third kappa shape index (κ3) is 7.49. The number of anilines is 1. The predicted octanol–water partition coefficient (Wildman–Crippen LogP) is 5.18. The molecule has 4 heterocycles. The Kier molecular flexibility index (Phi) is 8.97. The normalized spacial score (nSPS) is 18.3. The summed E-state index contributed by atoms with van der Waals surface area (Å²) in [6, 6.07) is 4.91. The van der Waals surface area contributed by atoms with Crippen molar-refractivity contribution in [2.24, 2.45) is 5.92 Å². The molecule has 2 aliphatic rings. The molecule has 43 heavy (non-hydrogen) atoms. The predicted molar refractivity (Wildman–Crippen MR) is 156 cm³/mol. The molecule has 1 amide bonds. The number of amides is 1. The molecule has 3 aromatic rings. The number of carbonyl (C=O) groups excluding carboxylic acids is 1. The Morgan fingerprint density at radius 3 is 2.63 bits per heavy atom. The first-order valence-corrected chi connectivity index (χ1v) is 14.8. The topological polar surface area (TPSA) is 108 Å². The summed E-state index contributed by atoms with van der Waals surface area (Å²) in [6.07, 6.45) is 10.5. The Hall–Kier alpha value is -4.03. The number of alkyl halides is 2. The highest BCUT2D eigenvalue weighted by Crippen LogP contribution is 2.31.